The van der Waals surface area contributed by atoms with Crippen LogP contribution < -0.4 is 55.0 Å². The molecule has 0 spiro atoms. The molecule has 0 radical (unpaired) electrons. The number of nitro groups is 1. The minimum atomic E-state index is -0.768. The predicted octanol–water partition coefficient (Wildman–Crippen LogP) is 9.55. The third-order valence-electron chi connectivity index (χ3n) is 11.7. The molecule has 6 aromatic rings. The number of carbonyl (C=O) groups excluding carboxylic acids is 6. The second-order valence-electron chi connectivity index (χ2n) is 17.4. The number of methoxy groups -OCH3 is 7. The number of nitrogens with zero attached hydrogens (tertiary/aromatic N) is 1. The highest BCUT2D eigenvalue weighted by molar-refractivity contribution is 6.16. The van der Waals surface area contributed by atoms with Crippen LogP contribution in [0.2, 0.25) is 0 Å². The molecule has 5 N–H and O–H groups in total. The summed E-state index contributed by atoms with van der Waals surface area (Å²) in [4.78, 5) is 94.3. The Morgan fingerprint density at radius 2 is 0.553 bits per heavy atom. The number of nitro benzene ring substituents is 1. The van der Waals surface area contributed by atoms with E-state index in [1.807, 2.05) is 0 Å². The Morgan fingerprint density at radius 3 is 0.776 bits per heavy atom. The van der Waals surface area contributed by atoms with Gasteiger partial charge in [0.25, 0.3) is 29.5 Å². The van der Waals surface area contributed by atoms with Crippen molar-refractivity contribution in [2.75, 3.05) is 76.4 Å². The van der Waals surface area contributed by atoms with Crippen molar-refractivity contribution in [2.24, 2.45) is 0 Å². The Morgan fingerprint density at radius 1 is 0.342 bits per heavy atom. The van der Waals surface area contributed by atoms with Gasteiger partial charge in [-0.15, -0.1) is 0 Å². The third-order valence-corrected chi connectivity index (χ3v) is 11.7. The SMILES string of the molecule is COC(=O)c1cc(C)cc(NC(=O)c2cc(C)cc(NC(=O)c3cc(C)cc(NC(=O)c4cc(C)cc(NC(=O)c5cc(C)cc(NC(=O)c6cc(C)cc([N+](=O)[O-])c6OC)c5OC)c4OC)c3OC)c2OC)c1OC. The van der Waals surface area contributed by atoms with Crippen molar-refractivity contribution >= 4 is 69.6 Å². The van der Waals surface area contributed by atoms with Crippen molar-refractivity contribution in [3.63, 3.8) is 0 Å². The second kappa shape index (κ2) is 23.5. The Labute approximate surface area is 437 Å². The molecule has 76 heavy (non-hydrogen) atoms. The third kappa shape index (κ3) is 11.7. The molecule has 0 aliphatic heterocycles. The van der Waals surface area contributed by atoms with Crippen molar-refractivity contribution in [3.05, 3.63) is 150 Å². The van der Waals surface area contributed by atoms with Crippen LogP contribution in [0.25, 0.3) is 0 Å². The number of esters is 1. The lowest BCUT2D eigenvalue weighted by Gasteiger charge is -2.20. The van der Waals surface area contributed by atoms with Gasteiger partial charge in [0.2, 0.25) is 5.75 Å². The normalized spacial score (nSPS) is 10.6. The van der Waals surface area contributed by atoms with Crippen LogP contribution in [0.4, 0.5) is 34.1 Å². The van der Waals surface area contributed by atoms with Gasteiger partial charge in [-0.2, -0.15) is 0 Å². The van der Waals surface area contributed by atoms with E-state index in [1.165, 1.54) is 74.0 Å². The van der Waals surface area contributed by atoms with E-state index in [4.69, 9.17) is 33.2 Å². The predicted molar refractivity (Wildman–Crippen MR) is 284 cm³/mol. The number of anilines is 5. The molecule has 6 rings (SSSR count). The molecule has 0 aromatic heterocycles. The second-order valence-corrected chi connectivity index (χ2v) is 17.4. The highest BCUT2D eigenvalue weighted by Crippen LogP contribution is 2.40. The van der Waals surface area contributed by atoms with Crippen LogP contribution in [0.3, 0.4) is 0 Å². The zero-order valence-electron chi connectivity index (χ0n) is 44.0. The van der Waals surface area contributed by atoms with Crippen LogP contribution in [0.15, 0.2) is 72.8 Å². The van der Waals surface area contributed by atoms with E-state index in [2.05, 4.69) is 26.6 Å². The first-order valence-corrected chi connectivity index (χ1v) is 23.0. The lowest BCUT2D eigenvalue weighted by molar-refractivity contribution is -0.385. The summed E-state index contributed by atoms with van der Waals surface area (Å²) in [5.74, 6) is -4.48. The van der Waals surface area contributed by atoms with Crippen LogP contribution in [-0.2, 0) is 4.74 Å². The molecule has 0 fully saturated rings. The molecule has 5 amide bonds. The molecule has 21 heteroatoms. The molecule has 0 heterocycles. The Bertz CT molecular complexity index is 3370. The fraction of sp³-hybridized carbons (Fsp3) is 0.236. The molecular formula is C55H56N6O15. The molecule has 0 saturated carbocycles. The van der Waals surface area contributed by atoms with Gasteiger partial charge in [-0.05, 0) is 142 Å². The fourth-order valence-corrected chi connectivity index (χ4v) is 8.59. The summed E-state index contributed by atoms with van der Waals surface area (Å²) in [5, 5.41) is 25.7. The first kappa shape index (κ1) is 55.7. The molecule has 21 nitrogen and oxygen atoms in total. The molecule has 0 bridgehead atoms. The number of benzene rings is 6. The number of aryl methyl sites for hydroxylation is 6. The summed E-state index contributed by atoms with van der Waals surface area (Å²) in [6.45, 7) is 10.1. The van der Waals surface area contributed by atoms with Crippen molar-refractivity contribution in [3.8, 4) is 34.5 Å². The monoisotopic (exact) mass is 1040 g/mol. The number of carbonyl (C=O) groups is 6. The topological polar surface area (TPSA) is 270 Å². The molecular weight excluding hydrogens is 985 g/mol. The Balaban J connectivity index is 1.28. The molecule has 396 valence electrons. The minimum absolute atomic E-state index is 0.00153. The average Bonchev–Trinajstić information content (AvgIpc) is 3.37. The summed E-state index contributed by atoms with van der Waals surface area (Å²) >= 11 is 0. The lowest BCUT2D eigenvalue weighted by Crippen LogP contribution is -2.20. The number of ether oxygens (including phenoxy) is 7. The minimum Gasteiger partial charge on any atom is -0.494 e. The van der Waals surface area contributed by atoms with Crippen molar-refractivity contribution in [1.29, 1.82) is 0 Å². The van der Waals surface area contributed by atoms with E-state index in [1.54, 1.807) is 90.1 Å². The number of hydrogen-bond donors (Lipinski definition) is 5. The van der Waals surface area contributed by atoms with E-state index < -0.39 is 46.1 Å². The van der Waals surface area contributed by atoms with E-state index in [0.717, 1.165) is 0 Å². The maximum Gasteiger partial charge on any atom is 0.341 e. The van der Waals surface area contributed by atoms with Gasteiger partial charge in [-0.25, -0.2) is 4.79 Å². The van der Waals surface area contributed by atoms with Crippen LogP contribution in [-0.4, -0.2) is 90.2 Å². The number of nitrogens with one attached hydrogen (secondary N) is 5. The van der Waals surface area contributed by atoms with Gasteiger partial charge in [0.05, 0.1) is 111 Å². The first-order valence-electron chi connectivity index (χ1n) is 23.0. The van der Waals surface area contributed by atoms with Gasteiger partial charge in [0.15, 0.2) is 28.7 Å². The van der Waals surface area contributed by atoms with E-state index in [9.17, 15) is 38.9 Å². The van der Waals surface area contributed by atoms with Gasteiger partial charge in [-0.1, -0.05) is 0 Å². The van der Waals surface area contributed by atoms with Crippen molar-refractivity contribution in [1.82, 2.24) is 0 Å². The van der Waals surface area contributed by atoms with E-state index >= 15 is 0 Å². The van der Waals surface area contributed by atoms with Gasteiger partial charge in [0, 0.05) is 6.07 Å². The molecule has 0 atom stereocenters. The van der Waals surface area contributed by atoms with Crippen molar-refractivity contribution in [2.45, 2.75) is 41.5 Å². The van der Waals surface area contributed by atoms with Crippen LogP contribution in [0, 0.1) is 51.7 Å². The van der Waals surface area contributed by atoms with Gasteiger partial charge >= 0.3 is 11.7 Å². The number of amides is 5. The smallest absolute Gasteiger partial charge is 0.341 e. The standard InChI is InChI=1S/C55H56N6O15/c1-26-15-33(51(63)58-40-22-28(3)17-35(46(40)72-9)53(65)60-42-24-30(5)19-37(48(42)74-11)55(67)76-13)44(70-7)38(20-26)56-50(62)32-14-27(2)21-39(45(32)71-8)57-52(64)34-16-29(4)23-41(47(34)73-10)59-54(66)36-18-31(6)25-43(61(68)69)49(36)75-12/h14-25H,1-13H3,(H,56,62)(H,57,64)(H,58,63)(H,59,66)(H,60,65). The largest absolute Gasteiger partial charge is 0.494 e. The quantitative estimate of drug-likeness (QED) is 0.0305. The zero-order chi connectivity index (χ0) is 55.9. The molecule has 0 unspecified atom stereocenters. The highest BCUT2D eigenvalue weighted by atomic mass is 16.6. The number of hydrogen-bond acceptors (Lipinski definition) is 15. The summed E-state index contributed by atoms with van der Waals surface area (Å²) < 4.78 is 38.5. The van der Waals surface area contributed by atoms with Crippen LogP contribution in [0.5, 0.6) is 34.5 Å². The Kier molecular flexibility index (Phi) is 17.2. The average molecular weight is 1040 g/mol. The van der Waals surface area contributed by atoms with Gasteiger partial charge in [0.1, 0.15) is 5.56 Å². The highest BCUT2D eigenvalue weighted by Gasteiger charge is 2.29. The van der Waals surface area contributed by atoms with Gasteiger partial charge in [-0.3, -0.25) is 34.1 Å². The van der Waals surface area contributed by atoms with E-state index in [0.29, 0.717) is 33.4 Å². The first-order chi connectivity index (χ1) is 36.1. The molecule has 0 aliphatic carbocycles. The van der Waals surface area contributed by atoms with Gasteiger partial charge < -0.3 is 59.7 Å². The fourth-order valence-electron chi connectivity index (χ4n) is 8.59. The molecule has 0 saturated heterocycles. The number of rotatable bonds is 18. The van der Waals surface area contributed by atoms with Crippen LogP contribution >= 0.6 is 0 Å². The lowest BCUT2D eigenvalue weighted by atomic mass is 10.0. The van der Waals surface area contributed by atoms with Crippen LogP contribution in [0.1, 0.15) is 95.5 Å². The van der Waals surface area contributed by atoms with Crippen molar-refractivity contribution < 1.29 is 66.8 Å². The Hall–Kier alpha value is -9.66. The summed E-state index contributed by atoms with van der Waals surface area (Å²) in [5.41, 5.74) is 3.38. The maximum absolute atomic E-state index is 14.4. The molecule has 0 aliphatic rings. The van der Waals surface area contributed by atoms with E-state index in [-0.39, 0.29) is 96.3 Å². The summed E-state index contributed by atoms with van der Waals surface area (Å²) in [6.07, 6.45) is 0. The molecule has 6 aromatic carbocycles. The summed E-state index contributed by atoms with van der Waals surface area (Å²) in [6, 6.07) is 18.4. The summed E-state index contributed by atoms with van der Waals surface area (Å²) in [7, 11) is 9.05. The maximum atomic E-state index is 14.4. The zero-order valence-corrected chi connectivity index (χ0v) is 44.0.